The van der Waals surface area contributed by atoms with Crippen LogP contribution in [0.2, 0.25) is 0 Å². The lowest BCUT2D eigenvalue weighted by Gasteiger charge is -2.23. The van der Waals surface area contributed by atoms with Crippen LogP contribution in [0.3, 0.4) is 0 Å². The van der Waals surface area contributed by atoms with Gasteiger partial charge in [-0.3, -0.25) is 0 Å². The van der Waals surface area contributed by atoms with Crippen molar-refractivity contribution in [1.82, 2.24) is 0 Å². The maximum atomic E-state index is 5.37. The molecule has 0 aliphatic rings. The first kappa shape index (κ1) is 9.06. The molecule has 0 spiro atoms. The van der Waals surface area contributed by atoms with Gasteiger partial charge in [0.15, 0.2) is 0 Å². The minimum Gasteiger partial charge on any atom is -0.396 e. The van der Waals surface area contributed by atoms with Gasteiger partial charge >= 0.3 is 8.56 Å². The fraction of sp³-hybridized carbons (Fsp3) is 1.00. The first-order valence-electron chi connectivity index (χ1n) is 2.75. The number of rotatable bonds is 4. The zero-order valence-corrected chi connectivity index (χ0v) is 6.89. The van der Waals surface area contributed by atoms with Crippen molar-refractivity contribution >= 4 is 8.56 Å². The largest absolute Gasteiger partial charge is 0.396 e. The Bertz CT molecular complexity index is 59.5. The van der Waals surface area contributed by atoms with Crippen LogP contribution < -0.4 is 11.5 Å². The molecule has 0 heterocycles. The summed E-state index contributed by atoms with van der Waals surface area (Å²) in [4.78, 5) is 0. The summed E-state index contributed by atoms with van der Waals surface area (Å²) in [5, 5.41) is 0. The summed E-state index contributed by atoms with van der Waals surface area (Å²) < 4.78 is 10.1. The Morgan fingerprint density at radius 1 is 1.11 bits per heavy atom. The third kappa shape index (κ3) is 2.03. The van der Waals surface area contributed by atoms with Crippen molar-refractivity contribution in [2.24, 2.45) is 11.5 Å². The van der Waals surface area contributed by atoms with Gasteiger partial charge in [-0.25, -0.2) is 0 Å². The Morgan fingerprint density at radius 3 is 1.44 bits per heavy atom. The molecule has 0 bridgehead atoms. The molecule has 4 N–H and O–H groups in total. The lowest BCUT2D eigenvalue weighted by Crippen LogP contribution is -2.54. The molecule has 0 amide bonds. The first-order chi connectivity index (χ1) is 4.24. The fourth-order valence-electron chi connectivity index (χ4n) is 0.500. The van der Waals surface area contributed by atoms with E-state index in [-0.39, 0.29) is 0 Å². The molecule has 0 aliphatic heterocycles. The molecule has 9 heavy (non-hydrogen) atoms. The van der Waals surface area contributed by atoms with Gasteiger partial charge in [0.1, 0.15) is 0 Å². The van der Waals surface area contributed by atoms with Gasteiger partial charge in [0.05, 0.1) is 0 Å². The third-order valence-electron chi connectivity index (χ3n) is 1.37. The topological polar surface area (TPSA) is 70.5 Å². The van der Waals surface area contributed by atoms with Crippen LogP contribution in [0.15, 0.2) is 0 Å². The molecule has 0 aliphatic carbocycles. The van der Waals surface area contributed by atoms with E-state index in [1.165, 1.54) is 0 Å². The lowest BCUT2D eigenvalue weighted by molar-refractivity contribution is 0.245. The van der Waals surface area contributed by atoms with E-state index < -0.39 is 8.56 Å². The molecule has 56 valence electrons. The van der Waals surface area contributed by atoms with E-state index in [0.717, 1.165) is 0 Å². The van der Waals surface area contributed by atoms with E-state index in [1.807, 2.05) is 0 Å². The van der Waals surface area contributed by atoms with E-state index in [9.17, 15) is 0 Å². The van der Waals surface area contributed by atoms with Crippen molar-refractivity contribution in [3.8, 4) is 0 Å². The summed E-state index contributed by atoms with van der Waals surface area (Å²) in [6.45, 7) is 0. The summed E-state index contributed by atoms with van der Waals surface area (Å²) in [7, 11) is 1.02. The van der Waals surface area contributed by atoms with E-state index >= 15 is 0 Å². The molecule has 0 aromatic heterocycles. The molecule has 0 unspecified atom stereocenters. The maximum absolute atomic E-state index is 5.37. The Hall–Kier alpha value is 0.0569. The average molecular weight is 150 g/mol. The molecule has 4 nitrogen and oxygen atoms in total. The first-order valence-corrected chi connectivity index (χ1v) is 4.98. The summed E-state index contributed by atoms with van der Waals surface area (Å²) in [5.74, 6) is 0. The van der Waals surface area contributed by atoms with Crippen molar-refractivity contribution in [1.29, 1.82) is 0 Å². The van der Waals surface area contributed by atoms with E-state index in [1.54, 1.807) is 14.2 Å². The molecule has 0 rings (SSSR count). The standard InChI is InChI=1S/C4H14N2O2Si/c1-7-9(3-5,4-6)8-2/h3-6H2,1-2H3. The predicted molar refractivity (Wildman–Crippen MR) is 37.9 cm³/mol. The molecule has 5 heteroatoms. The second kappa shape index (κ2) is 3.97. The quantitative estimate of drug-likeness (QED) is 0.490. The number of nitrogens with two attached hydrogens (primary N) is 2. The van der Waals surface area contributed by atoms with Gasteiger partial charge in [0.25, 0.3) is 0 Å². The Kier molecular flexibility index (Phi) is 3.99. The van der Waals surface area contributed by atoms with Crippen LogP contribution in [-0.2, 0) is 8.85 Å². The van der Waals surface area contributed by atoms with Gasteiger partial charge < -0.3 is 20.3 Å². The van der Waals surface area contributed by atoms with Gasteiger partial charge in [-0.2, -0.15) is 0 Å². The van der Waals surface area contributed by atoms with Crippen LogP contribution in [0.1, 0.15) is 0 Å². The van der Waals surface area contributed by atoms with Gasteiger partial charge in [-0.15, -0.1) is 0 Å². The Balaban J connectivity index is 3.82. The molecular weight excluding hydrogens is 136 g/mol. The van der Waals surface area contributed by atoms with Crippen molar-refractivity contribution in [3.63, 3.8) is 0 Å². The highest BCUT2D eigenvalue weighted by molar-refractivity contribution is 6.67. The molecule has 0 aromatic rings. The number of hydrogen-bond acceptors (Lipinski definition) is 4. The summed E-state index contributed by atoms with van der Waals surface area (Å²) in [5.41, 5.74) is 10.7. The smallest absolute Gasteiger partial charge is 0.365 e. The van der Waals surface area contributed by atoms with Gasteiger partial charge in [-0.05, 0) is 0 Å². The van der Waals surface area contributed by atoms with Crippen LogP contribution in [0, 0.1) is 0 Å². The predicted octanol–water partition coefficient (Wildman–Crippen LogP) is -1.28. The van der Waals surface area contributed by atoms with Gasteiger partial charge in [-0.1, -0.05) is 0 Å². The molecule has 0 radical (unpaired) electrons. The zero-order valence-electron chi connectivity index (χ0n) is 5.89. The van der Waals surface area contributed by atoms with Crippen LogP contribution >= 0.6 is 0 Å². The van der Waals surface area contributed by atoms with Crippen molar-refractivity contribution in [2.45, 2.75) is 0 Å². The monoisotopic (exact) mass is 150 g/mol. The highest BCUT2D eigenvalue weighted by atomic mass is 28.4. The second-order valence-corrected chi connectivity index (χ2v) is 5.18. The maximum Gasteiger partial charge on any atom is 0.365 e. The van der Waals surface area contributed by atoms with Crippen molar-refractivity contribution in [3.05, 3.63) is 0 Å². The minimum absolute atomic E-state index is 0.413. The van der Waals surface area contributed by atoms with Crippen LogP contribution in [0.4, 0.5) is 0 Å². The lowest BCUT2D eigenvalue weighted by atomic mass is 11.5. The molecule has 0 saturated carbocycles. The van der Waals surface area contributed by atoms with E-state index in [2.05, 4.69) is 0 Å². The summed E-state index contributed by atoms with van der Waals surface area (Å²) in [6, 6.07) is 0. The minimum atomic E-state index is -2.14. The highest BCUT2D eigenvalue weighted by Crippen LogP contribution is 1.98. The highest BCUT2D eigenvalue weighted by Gasteiger charge is 2.31. The van der Waals surface area contributed by atoms with Crippen LogP contribution in [-0.4, -0.2) is 35.1 Å². The van der Waals surface area contributed by atoms with E-state index in [0.29, 0.717) is 12.3 Å². The van der Waals surface area contributed by atoms with E-state index in [4.69, 9.17) is 20.3 Å². The van der Waals surface area contributed by atoms with Crippen molar-refractivity contribution < 1.29 is 8.85 Å². The van der Waals surface area contributed by atoms with Crippen LogP contribution in [0.25, 0.3) is 0 Å². The zero-order chi connectivity index (χ0) is 7.33. The van der Waals surface area contributed by atoms with Gasteiger partial charge in [0.2, 0.25) is 0 Å². The molecule has 0 saturated heterocycles. The molecular formula is C4H14N2O2Si. The number of hydrogen-bond donors (Lipinski definition) is 2. The second-order valence-electron chi connectivity index (χ2n) is 1.73. The third-order valence-corrected chi connectivity index (χ3v) is 4.10. The van der Waals surface area contributed by atoms with Crippen LogP contribution in [0.5, 0.6) is 0 Å². The molecule has 0 aromatic carbocycles. The fourth-order valence-corrected chi connectivity index (χ4v) is 1.50. The summed E-state index contributed by atoms with van der Waals surface area (Å²) in [6.07, 6.45) is 0.826. The summed E-state index contributed by atoms with van der Waals surface area (Å²) >= 11 is 0. The molecule has 0 fully saturated rings. The van der Waals surface area contributed by atoms with Gasteiger partial charge in [0, 0.05) is 26.6 Å². The van der Waals surface area contributed by atoms with Crippen molar-refractivity contribution in [2.75, 3.05) is 26.6 Å². The normalized spacial score (nSPS) is 12.0. The SMILES string of the molecule is CO[Si](CN)(CN)OC. The molecule has 0 atom stereocenters. The Labute approximate surface area is 56.4 Å². The Morgan fingerprint density at radius 2 is 1.44 bits per heavy atom. The average Bonchev–Trinajstić information content (AvgIpc) is 1.95.